The van der Waals surface area contributed by atoms with E-state index in [4.69, 9.17) is 9.73 Å². The molecule has 1 aromatic rings. The van der Waals surface area contributed by atoms with Crippen LogP contribution in [0.25, 0.3) is 0 Å². The maximum Gasteiger partial charge on any atom is 0.409 e. The van der Waals surface area contributed by atoms with Crippen molar-refractivity contribution in [2.24, 2.45) is 4.99 Å². The maximum atomic E-state index is 11.6. The van der Waals surface area contributed by atoms with Crippen molar-refractivity contribution in [1.29, 1.82) is 0 Å². The van der Waals surface area contributed by atoms with Crippen molar-refractivity contribution in [3.05, 3.63) is 34.9 Å². The Labute approximate surface area is 157 Å². The first-order valence-corrected chi connectivity index (χ1v) is 9.46. The zero-order valence-corrected chi connectivity index (χ0v) is 16.5. The molecule has 0 unspecified atom stereocenters. The van der Waals surface area contributed by atoms with Crippen LogP contribution in [-0.2, 0) is 11.2 Å². The zero-order valence-electron chi connectivity index (χ0n) is 16.5. The minimum absolute atomic E-state index is 0.238. The summed E-state index contributed by atoms with van der Waals surface area (Å²) >= 11 is 0. The molecule has 1 aliphatic heterocycles. The summed E-state index contributed by atoms with van der Waals surface area (Å²) in [6.07, 6.45) is 2.49. The van der Waals surface area contributed by atoms with Gasteiger partial charge in [0, 0.05) is 32.2 Å². The van der Waals surface area contributed by atoms with E-state index >= 15 is 0 Å². The largest absolute Gasteiger partial charge is 0.453 e. The Hall–Kier alpha value is -2.24. The van der Waals surface area contributed by atoms with Gasteiger partial charge in [-0.15, -0.1) is 0 Å². The summed E-state index contributed by atoms with van der Waals surface area (Å²) in [6.45, 7) is 9.34. The number of likely N-dealkylation sites (tertiary alicyclic amines) is 1. The highest BCUT2D eigenvalue weighted by Crippen LogP contribution is 2.12. The van der Waals surface area contributed by atoms with Gasteiger partial charge in [-0.2, -0.15) is 0 Å². The number of rotatable bonds is 5. The number of carbonyl (C=O) groups excluding carboxylic acids is 1. The fraction of sp³-hybridized carbons (Fsp3) is 0.600. The van der Waals surface area contributed by atoms with Gasteiger partial charge in [0.25, 0.3) is 0 Å². The molecule has 1 fully saturated rings. The molecule has 0 spiro atoms. The number of guanidine groups is 1. The monoisotopic (exact) mass is 360 g/mol. The van der Waals surface area contributed by atoms with E-state index in [9.17, 15) is 4.79 Å². The number of aryl methyl sites for hydroxylation is 2. The highest BCUT2D eigenvalue weighted by atomic mass is 16.5. The molecule has 1 heterocycles. The van der Waals surface area contributed by atoms with Crippen molar-refractivity contribution in [2.75, 3.05) is 33.3 Å². The van der Waals surface area contributed by atoms with Gasteiger partial charge in [0.1, 0.15) is 0 Å². The highest BCUT2D eigenvalue weighted by molar-refractivity contribution is 5.80. The minimum Gasteiger partial charge on any atom is -0.453 e. The molecule has 2 N–H and O–H groups in total. The van der Waals surface area contributed by atoms with Crippen molar-refractivity contribution in [3.8, 4) is 0 Å². The van der Waals surface area contributed by atoms with Crippen LogP contribution in [0.3, 0.4) is 0 Å². The molecule has 1 saturated heterocycles. The molecule has 1 aliphatic rings. The van der Waals surface area contributed by atoms with Gasteiger partial charge in [-0.3, -0.25) is 4.99 Å². The Morgan fingerprint density at radius 1 is 1.23 bits per heavy atom. The van der Waals surface area contributed by atoms with Gasteiger partial charge in [0.05, 0.1) is 7.11 Å². The fourth-order valence-corrected chi connectivity index (χ4v) is 3.36. The predicted octanol–water partition coefficient (Wildman–Crippen LogP) is 2.63. The molecule has 0 atom stereocenters. The Bertz CT molecular complexity index is 602. The SMILES string of the molecule is CCNC(=NCCc1cc(C)cc(C)c1)NC1CCN(C(=O)OC)CC1. The molecule has 0 bridgehead atoms. The molecule has 26 heavy (non-hydrogen) atoms. The molecule has 1 amide bonds. The number of nitrogens with zero attached hydrogens (tertiary/aromatic N) is 2. The lowest BCUT2D eigenvalue weighted by Crippen LogP contribution is -2.49. The number of ether oxygens (including phenoxy) is 1. The van der Waals surface area contributed by atoms with Gasteiger partial charge >= 0.3 is 6.09 Å². The number of carbonyl (C=O) groups is 1. The van der Waals surface area contributed by atoms with Crippen molar-refractivity contribution in [3.63, 3.8) is 0 Å². The molecule has 0 saturated carbocycles. The van der Waals surface area contributed by atoms with Crippen LogP contribution >= 0.6 is 0 Å². The molecular formula is C20H32N4O2. The summed E-state index contributed by atoms with van der Waals surface area (Å²) in [5.74, 6) is 0.855. The van der Waals surface area contributed by atoms with Gasteiger partial charge in [0.2, 0.25) is 0 Å². The number of methoxy groups -OCH3 is 1. The van der Waals surface area contributed by atoms with Crippen molar-refractivity contribution >= 4 is 12.1 Å². The Morgan fingerprint density at radius 2 is 1.88 bits per heavy atom. The first-order chi connectivity index (χ1) is 12.5. The normalized spacial score (nSPS) is 15.7. The average molecular weight is 361 g/mol. The van der Waals surface area contributed by atoms with Crippen LogP contribution in [0.5, 0.6) is 0 Å². The first-order valence-electron chi connectivity index (χ1n) is 9.46. The summed E-state index contributed by atoms with van der Waals surface area (Å²) in [7, 11) is 1.43. The van der Waals surface area contributed by atoms with E-state index in [1.165, 1.54) is 23.8 Å². The smallest absolute Gasteiger partial charge is 0.409 e. The van der Waals surface area contributed by atoms with Crippen molar-refractivity contribution < 1.29 is 9.53 Å². The number of hydrogen-bond acceptors (Lipinski definition) is 3. The van der Waals surface area contributed by atoms with E-state index in [1.54, 1.807) is 4.90 Å². The molecule has 6 heteroatoms. The molecule has 0 radical (unpaired) electrons. The third-order valence-corrected chi connectivity index (χ3v) is 4.56. The van der Waals surface area contributed by atoms with Gasteiger partial charge < -0.3 is 20.3 Å². The van der Waals surface area contributed by atoms with Crippen LogP contribution < -0.4 is 10.6 Å². The van der Waals surface area contributed by atoms with Gasteiger partial charge in [-0.25, -0.2) is 4.79 Å². The molecule has 0 aliphatic carbocycles. The van der Waals surface area contributed by atoms with Crippen LogP contribution in [0.4, 0.5) is 4.79 Å². The van der Waals surface area contributed by atoms with E-state index in [1.807, 2.05) is 0 Å². The molecule has 6 nitrogen and oxygen atoms in total. The first kappa shape index (κ1) is 20.1. The molecule has 2 rings (SSSR count). The third-order valence-electron chi connectivity index (χ3n) is 4.56. The highest BCUT2D eigenvalue weighted by Gasteiger charge is 2.23. The van der Waals surface area contributed by atoms with E-state index in [-0.39, 0.29) is 6.09 Å². The van der Waals surface area contributed by atoms with Crippen LogP contribution in [0.15, 0.2) is 23.2 Å². The maximum absolute atomic E-state index is 11.6. The number of aliphatic imine (C=N–C) groups is 1. The number of piperidine rings is 1. The Kier molecular flexibility index (Phi) is 7.75. The van der Waals surface area contributed by atoms with Crippen LogP contribution in [0, 0.1) is 13.8 Å². The van der Waals surface area contributed by atoms with E-state index < -0.39 is 0 Å². The van der Waals surface area contributed by atoms with E-state index in [2.05, 4.69) is 49.6 Å². The summed E-state index contributed by atoms with van der Waals surface area (Å²) in [5.41, 5.74) is 3.92. The predicted molar refractivity (Wildman–Crippen MR) is 106 cm³/mol. The Balaban J connectivity index is 1.86. The summed E-state index contributed by atoms with van der Waals surface area (Å²) < 4.78 is 4.79. The minimum atomic E-state index is -0.238. The van der Waals surface area contributed by atoms with E-state index in [0.717, 1.165) is 38.3 Å². The number of hydrogen-bond donors (Lipinski definition) is 2. The van der Waals surface area contributed by atoms with Gasteiger partial charge in [-0.1, -0.05) is 29.3 Å². The van der Waals surface area contributed by atoms with Crippen LogP contribution in [-0.4, -0.2) is 56.3 Å². The lowest BCUT2D eigenvalue weighted by atomic mass is 10.1. The molecule has 1 aromatic carbocycles. The summed E-state index contributed by atoms with van der Waals surface area (Å²) in [4.78, 5) is 18.0. The molecule has 144 valence electrons. The summed E-state index contributed by atoms with van der Waals surface area (Å²) in [5, 5.41) is 6.82. The molecular weight excluding hydrogens is 328 g/mol. The topological polar surface area (TPSA) is 66.0 Å². The second-order valence-electron chi connectivity index (χ2n) is 6.88. The summed E-state index contributed by atoms with van der Waals surface area (Å²) in [6, 6.07) is 6.98. The fourth-order valence-electron chi connectivity index (χ4n) is 3.36. The third kappa shape index (κ3) is 6.24. The average Bonchev–Trinajstić information content (AvgIpc) is 2.61. The van der Waals surface area contributed by atoms with Crippen molar-refractivity contribution in [1.82, 2.24) is 15.5 Å². The van der Waals surface area contributed by atoms with Crippen LogP contribution in [0.1, 0.15) is 36.5 Å². The van der Waals surface area contributed by atoms with Gasteiger partial charge in [0.15, 0.2) is 5.96 Å². The van der Waals surface area contributed by atoms with Crippen molar-refractivity contribution in [2.45, 2.75) is 46.1 Å². The van der Waals surface area contributed by atoms with E-state index in [0.29, 0.717) is 19.1 Å². The second-order valence-corrected chi connectivity index (χ2v) is 6.88. The van der Waals surface area contributed by atoms with Gasteiger partial charge in [-0.05, 0) is 45.6 Å². The second kappa shape index (κ2) is 10.0. The van der Waals surface area contributed by atoms with Crippen LogP contribution in [0.2, 0.25) is 0 Å². The standard InChI is InChI=1S/C20H32N4O2/c1-5-21-19(22-9-6-17-13-15(2)12-16(3)14-17)23-18-7-10-24(11-8-18)20(25)26-4/h12-14,18H,5-11H2,1-4H3,(H2,21,22,23). The number of amides is 1. The zero-order chi connectivity index (χ0) is 18.9. The number of nitrogens with one attached hydrogen (secondary N) is 2. The Morgan fingerprint density at radius 3 is 2.46 bits per heavy atom. The lowest BCUT2D eigenvalue weighted by Gasteiger charge is -2.32. The quantitative estimate of drug-likeness (QED) is 0.626. The lowest BCUT2D eigenvalue weighted by molar-refractivity contribution is 0.111. The molecule has 0 aromatic heterocycles. The number of benzene rings is 1.